The second-order valence-electron chi connectivity index (χ2n) is 8.65. The zero-order valence-electron chi connectivity index (χ0n) is 17.7. The summed E-state index contributed by atoms with van der Waals surface area (Å²) < 4.78 is 1.84. The minimum atomic E-state index is -0.611. The predicted molar refractivity (Wildman–Crippen MR) is 112 cm³/mol. The van der Waals surface area contributed by atoms with Crippen LogP contribution in [-0.2, 0) is 16.1 Å². The molecule has 2 aliphatic heterocycles. The monoisotopic (exact) mass is 410 g/mol. The molecule has 7 heteroatoms. The van der Waals surface area contributed by atoms with Crippen LogP contribution in [0.4, 0.5) is 0 Å². The molecule has 2 fully saturated rings. The van der Waals surface area contributed by atoms with Gasteiger partial charge in [0.1, 0.15) is 0 Å². The Kier molecular flexibility index (Phi) is 5.64. The third-order valence-electron chi connectivity index (χ3n) is 6.84. The predicted octanol–water partition coefficient (Wildman–Crippen LogP) is 2.15. The molecule has 1 N–H and O–H groups in total. The molecule has 2 atom stereocenters. The third-order valence-corrected chi connectivity index (χ3v) is 6.84. The van der Waals surface area contributed by atoms with Gasteiger partial charge in [0, 0.05) is 45.0 Å². The highest BCUT2D eigenvalue weighted by atomic mass is 16.3. The Hall–Kier alpha value is -2.67. The molecular formula is C23H30N4O3. The molecule has 0 radical (unpaired) electrons. The summed E-state index contributed by atoms with van der Waals surface area (Å²) in [5.41, 5.74) is 1.42. The van der Waals surface area contributed by atoms with Crippen LogP contribution in [0, 0.1) is 12.3 Å². The average Bonchev–Trinajstić information content (AvgIpc) is 3.16. The number of benzene rings is 1. The first-order valence-electron chi connectivity index (χ1n) is 10.7. The van der Waals surface area contributed by atoms with Crippen molar-refractivity contribution in [1.29, 1.82) is 0 Å². The smallest absolute Gasteiger partial charge is 0.229 e. The third kappa shape index (κ3) is 3.74. The van der Waals surface area contributed by atoms with Crippen LogP contribution in [0.5, 0.6) is 0 Å². The van der Waals surface area contributed by atoms with Gasteiger partial charge in [-0.25, -0.2) is 0 Å². The van der Waals surface area contributed by atoms with Crippen molar-refractivity contribution in [2.45, 2.75) is 51.3 Å². The van der Waals surface area contributed by atoms with Crippen molar-refractivity contribution >= 4 is 11.8 Å². The summed E-state index contributed by atoms with van der Waals surface area (Å²) in [7, 11) is 1.79. The minimum Gasteiger partial charge on any atom is -0.391 e. The van der Waals surface area contributed by atoms with E-state index in [4.69, 9.17) is 0 Å². The van der Waals surface area contributed by atoms with E-state index in [1.54, 1.807) is 18.1 Å². The number of aliphatic hydroxyl groups is 1. The number of aromatic nitrogens is 2. The molecule has 3 heterocycles. The van der Waals surface area contributed by atoms with Gasteiger partial charge in [-0.3, -0.25) is 14.3 Å². The Balaban J connectivity index is 1.38. The number of amides is 2. The van der Waals surface area contributed by atoms with Gasteiger partial charge in [-0.05, 0) is 37.8 Å². The number of carbonyl (C=O) groups excluding carboxylic acids is 2. The fourth-order valence-electron chi connectivity index (χ4n) is 5.05. The van der Waals surface area contributed by atoms with Crippen LogP contribution in [-0.4, -0.2) is 62.7 Å². The van der Waals surface area contributed by atoms with Crippen LogP contribution in [0.3, 0.4) is 0 Å². The first-order chi connectivity index (χ1) is 14.4. The lowest BCUT2D eigenvalue weighted by molar-refractivity contribution is -0.163. The number of likely N-dealkylation sites (tertiary alicyclic amines) is 2. The molecule has 0 saturated carbocycles. The first kappa shape index (κ1) is 20.6. The summed E-state index contributed by atoms with van der Waals surface area (Å²) in [6.45, 7) is 3.65. The number of likely N-dealkylation sites (N-methyl/N-ethyl adjacent to an activating group) is 1. The number of aliphatic hydroxyl groups excluding tert-OH is 1. The number of piperidine rings is 2. The van der Waals surface area contributed by atoms with Crippen LogP contribution in [0.25, 0.3) is 0 Å². The van der Waals surface area contributed by atoms with Crippen molar-refractivity contribution in [1.82, 2.24) is 19.6 Å². The van der Waals surface area contributed by atoms with Gasteiger partial charge in [0.2, 0.25) is 11.8 Å². The largest absolute Gasteiger partial charge is 0.391 e. The Bertz CT molecular complexity index is 902. The second-order valence-corrected chi connectivity index (χ2v) is 8.65. The molecule has 2 aliphatic rings. The number of hydrogen-bond acceptors (Lipinski definition) is 4. The lowest BCUT2D eigenvalue weighted by Crippen LogP contribution is -2.58. The molecule has 0 aliphatic carbocycles. The van der Waals surface area contributed by atoms with Crippen molar-refractivity contribution in [3.8, 4) is 0 Å². The number of nitrogens with zero attached hydrogens (tertiary/aromatic N) is 4. The van der Waals surface area contributed by atoms with Crippen molar-refractivity contribution < 1.29 is 14.7 Å². The van der Waals surface area contributed by atoms with Crippen molar-refractivity contribution in [2.75, 3.05) is 20.1 Å². The topological polar surface area (TPSA) is 78.7 Å². The van der Waals surface area contributed by atoms with E-state index < -0.39 is 11.5 Å². The van der Waals surface area contributed by atoms with Crippen LogP contribution < -0.4 is 0 Å². The molecule has 2 saturated heterocycles. The van der Waals surface area contributed by atoms with E-state index in [0.717, 1.165) is 11.3 Å². The van der Waals surface area contributed by atoms with E-state index in [0.29, 0.717) is 45.3 Å². The van der Waals surface area contributed by atoms with E-state index in [9.17, 15) is 14.7 Å². The van der Waals surface area contributed by atoms with Gasteiger partial charge in [-0.15, -0.1) is 0 Å². The van der Waals surface area contributed by atoms with Crippen LogP contribution in [0.15, 0.2) is 42.6 Å². The normalized spacial score (nSPS) is 23.8. The fourth-order valence-corrected chi connectivity index (χ4v) is 5.05. The quantitative estimate of drug-likeness (QED) is 0.838. The van der Waals surface area contributed by atoms with Gasteiger partial charge in [0.05, 0.1) is 17.6 Å². The molecule has 4 rings (SSSR count). The molecule has 1 aromatic heterocycles. The first-order valence-corrected chi connectivity index (χ1v) is 10.7. The summed E-state index contributed by atoms with van der Waals surface area (Å²) >= 11 is 0. The number of rotatable bonds is 4. The molecule has 160 valence electrons. The number of carbonyl (C=O) groups is 2. The zero-order valence-corrected chi connectivity index (χ0v) is 17.7. The highest BCUT2D eigenvalue weighted by Crippen LogP contribution is 2.46. The van der Waals surface area contributed by atoms with E-state index in [1.807, 2.05) is 52.9 Å². The molecule has 1 aromatic carbocycles. The summed E-state index contributed by atoms with van der Waals surface area (Å²) in [6.07, 6.45) is 3.18. The Morgan fingerprint density at radius 1 is 1.20 bits per heavy atom. The second kappa shape index (κ2) is 8.22. The minimum absolute atomic E-state index is 0.0842. The van der Waals surface area contributed by atoms with Crippen molar-refractivity contribution in [2.24, 2.45) is 5.41 Å². The number of aryl methyl sites for hydroxylation is 2. The molecular weight excluding hydrogens is 380 g/mol. The summed E-state index contributed by atoms with van der Waals surface area (Å²) in [5.74, 6) is 0.181. The maximum Gasteiger partial charge on any atom is 0.229 e. The van der Waals surface area contributed by atoms with Gasteiger partial charge >= 0.3 is 0 Å². The van der Waals surface area contributed by atoms with E-state index in [-0.39, 0.29) is 17.9 Å². The number of hydrogen-bond donors (Lipinski definition) is 1. The van der Waals surface area contributed by atoms with E-state index in [2.05, 4.69) is 5.10 Å². The van der Waals surface area contributed by atoms with Crippen LogP contribution in [0.2, 0.25) is 0 Å². The maximum absolute atomic E-state index is 13.3. The molecule has 7 nitrogen and oxygen atoms in total. The standard InChI is InChI=1S/C23H30N4O3/c1-17-8-12-24-27(17)13-9-20(29)26-14-10-23(11-15-26)16-19(28)21(25(2)22(23)30)18-6-4-3-5-7-18/h3-8,12,19,21,28H,9-11,13-16H2,1-2H3/t19-,21+/m1/s1. The highest BCUT2D eigenvalue weighted by Gasteiger charge is 2.51. The summed E-state index contributed by atoms with van der Waals surface area (Å²) in [5, 5.41) is 15.2. The zero-order chi connectivity index (χ0) is 21.3. The molecule has 1 spiro atoms. The van der Waals surface area contributed by atoms with Crippen LogP contribution in [0.1, 0.15) is 43.0 Å². The van der Waals surface area contributed by atoms with E-state index >= 15 is 0 Å². The SMILES string of the molecule is Cc1ccnn1CCC(=O)N1CCC2(CC1)C[C@@H](O)[C@H](c1ccccc1)N(C)C2=O. The molecule has 2 amide bonds. The molecule has 30 heavy (non-hydrogen) atoms. The average molecular weight is 411 g/mol. The lowest BCUT2D eigenvalue weighted by Gasteiger charge is -2.50. The molecule has 0 bridgehead atoms. The summed E-state index contributed by atoms with van der Waals surface area (Å²) in [4.78, 5) is 29.6. The molecule has 2 aromatic rings. The maximum atomic E-state index is 13.3. The summed E-state index contributed by atoms with van der Waals surface area (Å²) in [6, 6.07) is 11.3. The Morgan fingerprint density at radius 2 is 1.90 bits per heavy atom. The Labute approximate surface area is 177 Å². The van der Waals surface area contributed by atoms with Gasteiger partial charge in [-0.2, -0.15) is 5.10 Å². The van der Waals surface area contributed by atoms with Crippen molar-refractivity contribution in [3.05, 3.63) is 53.9 Å². The van der Waals surface area contributed by atoms with E-state index in [1.165, 1.54) is 0 Å². The van der Waals surface area contributed by atoms with Crippen molar-refractivity contribution in [3.63, 3.8) is 0 Å². The van der Waals surface area contributed by atoms with Gasteiger partial charge in [0.25, 0.3) is 0 Å². The van der Waals surface area contributed by atoms with Gasteiger partial charge < -0.3 is 14.9 Å². The fraction of sp³-hybridized carbons (Fsp3) is 0.522. The molecule has 0 unspecified atom stereocenters. The van der Waals surface area contributed by atoms with Gasteiger partial charge in [-0.1, -0.05) is 30.3 Å². The lowest BCUT2D eigenvalue weighted by atomic mass is 9.68. The highest BCUT2D eigenvalue weighted by molar-refractivity contribution is 5.85. The van der Waals surface area contributed by atoms with Crippen LogP contribution >= 0.6 is 0 Å². The van der Waals surface area contributed by atoms with Gasteiger partial charge in [0.15, 0.2) is 0 Å². The Morgan fingerprint density at radius 3 is 2.53 bits per heavy atom.